The van der Waals surface area contributed by atoms with Crippen LogP contribution in [0.1, 0.15) is 32.8 Å². The molecule has 8 nitrogen and oxygen atoms in total. The third-order valence-corrected chi connectivity index (χ3v) is 7.01. The quantitative estimate of drug-likeness (QED) is 0.355. The van der Waals surface area contributed by atoms with Crippen LogP contribution in [0.4, 0.5) is 5.00 Å². The first kappa shape index (κ1) is 21.9. The van der Waals surface area contributed by atoms with Crippen molar-refractivity contribution in [2.75, 3.05) is 11.9 Å². The fourth-order valence-electron chi connectivity index (χ4n) is 3.55. The zero-order chi connectivity index (χ0) is 23.8. The van der Waals surface area contributed by atoms with Gasteiger partial charge in [-0.15, -0.1) is 22.7 Å². The van der Waals surface area contributed by atoms with E-state index >= 15 is 0 Å². The predicted octanol–water partition coefficient (Wildman–Crippen LogP) is 4.79. The molecule has 0 bridgehead atoms. The molecule has 0 aliphatic heterocycles. The van der Waals surface area contributed by atoms with Crippen molar-refractivity contribution < 1.29 is 14.3 Å². The Hall–Kier alpha value is -3.89. The Labute approximate surface area is 201 Å². The second-order valence-corrected chi connectivity index (χ2v) is 9.33. The number of anilines is 1. The Morgan fingerprint density at radius 1 is 1.15 bits per heavy atom. The van der Waals surface area contributed by atoms with Gasteiger partial charge in [0.1, 0.15) is 5.00 Å². The standard InChI is InChI=1S/C24H18N4O4S2/c1-3-32-24(31)19-15-12-33-21(26-20(29)22-25-16-9-4-5-10-17(16)34-22)18(15)23(30)28(27-19)14-8-6-7-13(2)11-14/h4-12H,3H2,1-2H3,(H,26,29). The highest BCUT2D eigenvalue weighted by Crippen LogP contribution is 2.32. The summed E-state index contributed by atoms with van der Waals surface area (Å²) >= 11 is 2.41. The molecule has 3 heterocycles. The number of aryl methyl sites for hydroxylation is 1. The van der Waals surface area contributed by atoms with Crippen LogP contribution in [-0.4, -0.2) is 33.2 Å². The molecule has 1 N–H and O–H groups in total. The summed E-state index contributed by atoms with van der Waals surface area (Å²) in [6, 6.07) is 14.7. The number of para-hydroxylation sites is 1. The molecule has 1 amide bonds. The van der Waals surface area contributed by atoms with Gasteiger partial charge >= 0.3 is 5.97 Å². The third-order valence-electron chi connectivity index (χ3n) is 5.08. The molecule has 10 heteroatoms. The zero-order valence-corrected chi connectivity index (χ0v) is 19.8. The monoisotopic (exact) mass is 490 g/mol. The number of rotatable bonds is 5. The van der Waals surface area contributed by atoms with E-state index in [9.17, 15) is 14.4 Å². The van der Waals surface area contributed by atoms with Crippen molar-refractivity contribution in [3.05, 3.63) is 80.5 Å². The van der Waals surface area contributed by atoms with E-state index in [2.05, 4.69) is 15.4 Å². The number of hydrogen-bond donors (Lipinski definition) is 1. The van der Waals surface area contributed by atoms with Crippen LogP contribution in [0.15, 0.2) is 58.7 Å². The highest BCUT2D eigenvalue weighted by Gasteiger charge is 2.24. The summed E-state index contributed by atoms with van der Waals surface area (Å²) in [6.07, 6.45) is 0. The minimum absolute atomic E-state index is 0.00897. The highest BCUT2D eigenvalue weighted by atomic mass is 32.1. The number of aromatic nitrogens is 3. The Balaban J connectivity index is 1.64. The molecule has 2 aromatic carbocycles. The lowest BCUT2D eigenvalue weighted by molar-refractivity contribution is 0.0520. The molecule has 5 rings (SSSR count). The van der Waals surface area contributed by atoms with Gasteiger partial charge in [0, 0.05) is 10.8 Å². The van der Waals surface area contributed by atoms with Gasteiger partial charge in [0.15, 0.2) is 10.7 Å². The van der Waals surface area contributed by atoms with E-state index < -0.39 is 17.4 Å². The van der Waals surface area contributed by atoms with E-state index in [4.69, 9.17) is 4.74 Å². The number of thiophene rings is 1. The zero-order valence-electron chi connectivity index (χ0n) is 18.2. The van der Waals surface area contributed by atoms with Gasteiger partial charge in [0.2, 0.25) is 0 Å². The van der Waals surface area contributed by atoms with Gasteiger partial charge in [-0.05, 0) is 43.7 Å². The molecule has 0 radical (unpaired) electrons. The summed E-state index contributed by atoms with van der Waals surface area (Å²) in [6.45, 7) is 3.76. The van der Waals surface area contributed by atoms with Gasteiger partial charge in [-0.3, -0.25) is 9.59 Å². The number of hydrogen-bond acceptors (Lipinski definition) is 8. The van der Waals surface area contributed by atoms with Gasteiger partial charge in [0.05, 0.1) is 27.9 Å². The Morgan fingerprint density at radius 3 is 2.74 bits per heavy atom. The SMILES string of the molecule is CCOC(=O)c1nn(-c2cccc(C)c2)c(=O)c2c(NC(=O)c3nc4ccccc4s3)scc12. The predicted molar refractivity (Wildman–Crippen MR) is 133 cm³/mol. The van der Waals surface area contributed by atoms with Crippen LogP contribution in [0.5, 0.6) is 0 Å². The molecule has 0 unspecified atom stereocenters. The molecule has 0 aliphatic rings. The first-order valence-electron chi connectivity index (χ1n) is 10.4. The van der Waals surface area contributed by atoms with Crippen molar-refractivity contribution in [1.82, 2.24) is 14.8 Å². The Kier molecular flexibility index (Phi) is 5.68. The van der Waals surface area contributed by atoms with Crippen LogP contribution in [0.3, 0.4) is 0 Å². The third kappa shape index (κ3) is 3.87. The van der Waals surface area contributed by atoms with Crippen molar-refractivity contribution in [3.8, 4) is 5.69 Å². The number of nitrogens with one attached hydrogen (secondary N) is 1. The van der Waals surface area contributed by atoms with E-state index in [1.165, 1.54) is 16.0 Å². The molecule has 34 heavy (non-hydrogen) atoms. The second-order valence-electron chi connectivity index (χ2n) is 7.42. The highest BCUT2D eigenvalue weighted by molar-refractivity contribution is 7.20. The van der Waals surface area contributed by atoms with Crippen LogP contribution in [0.2, 0.25) is 0 Å². The van der Waals surface area contributed by atoms with Crippen LogP contribution in [-0.2, 0) is 4.74 Å². The molecule has 5 aromatic rings. The van der Waals surface area contributed by atoms with Crippen LogP contribution in [0, 0.1) is 6.92 Å². The molecular formula is C24H18N4O4S2. The Bertz CT molecular complexity index is 1600. The number of nitrogens with zero attached hydrogens (tertiary/aromatic N) is 3. The number of carbonyl (C=O) groups is 2. The van der Waals surface area contributed by atoms with E-state index in [1.807, 2.05) is 37.3 Å². The maximum Gasteiger partial charge on any atom is 0.359 e. The molecule has 0 spiro atoms. The van der Waals surface area contributed by atoms with Crippen LogP contribution >= 0.6 is 22.7 Å². The molecule has 0 saturated carbocycles. The normalized spacial score (nSPS) is 11.1. The van der Waals surface area contributed by atoms with E-state index in [-0.39, 0.29) is 22.7 Å². The molecule has 0 atom stereocenters. The number of ether oxygens (including phenoxy) is 1. The fraction of sp³-hybridized carbons (Fsp3) is 0.125. The van der Waals surface area contributed by atoms with Gasteiger partial charge < -0.3 is 10.1 Å². The summed E-state index contributed by atoms with van der Waals surface area (Å²) in [4.78, 5) is 43.6. The van der Waals surface area contributed by atoms with Gasteiger partial charge in [-0.25, -0.2) is 9.78 Å². The van der Waals surface area contributed by atoms with E-state index in [0.29, 0.717) is 16.1 Å². The number of amides is 1. The molecule has 0 saturated heterocycles. The fourth-order valence-corrected chi connectivity index (χ4v) is 5.35. The van der Waals surface area contributed by atoms with Crippen molar-refractivity contribution in [2.45, 2.75) is 13.8 Å². The molecule has 0 aliphatic carbocycles. The topological polar surface area (TPSA) is 103 Å². The summed E-state index contributed by atoms with van der Waals surface area (Å²) in [7, 11) is 0. The lowest BCUT2D eigenvalue weighted by atomic mass is 10.2. The number of thiazole rings is 1. The summed E-state index contributed by atoms with van der Waals surface area (Å²) in [5.41, 5.74) is 1.72. The first-order chi connectivity index (χ1) is 16.5. The minimum Gasteiger partial charge on any atom is -0.461 e. The summed E-state index contributed by atoms with van der Waals surface area (Å²) < 4.78 is 7.23. The molecular weight excluding hydrogens is 472 g/mol. The average molecular weight is 491 g/mol. The van der Waals surface area contributed by atoms with Gasteiger partial charge in [-0.1, -0.05) is 24.3 Å². The molecule has 170 valence electrons. The smallest absolute Gasteiger partial charge is 0.359 e. The van der Waals surface area contributed by atoms with Gasteiger partial charge in [0.25, 0.3) is 11.5 Å². The molecule has 3 aromatic heterocycles. The first-order valence-corrected chi connectivity index (χ1v) is 12.1. The Morgan fingerprint density at radius 2 is 1.97 bits per heavy atom. The summed E-state index contributed by atoms with van der Waals surface area (Å²) in [5.74, 6) is -1.07. The van der Waals surface area contributed by atoms with Crippen molar-refractivity contribution in [2.24, 2.45) is 0 Å². The number of esters is 1. The second kappa shape index (κ2) is 8.81. The number of benzene rings is 2. The lowest BCUT2D eigenvalue weighted by Crippen LogP contribution is -2.25. The van der Waals surface area contributed by atoms with Crippen molar-refractivity contribution in [1.29, 1.82) is 0 Å². The maximum absolute atomic E-state index is 13.5. The largest absolute Gasteiger partial charge is 0.461 e. The van der Waals surface area contributed by atoms with Crippen molar-refractivity contribution >= 4 is 60.5 Å². The van der Waals surface area contributed by atoms with Crippen LogP contribution < -0.4 is 10.9 Å². The van der Waals surface area contributed by atoms with Crippen LogP contribution in [0.25, 0.3) is 26.7 Å². The average Bonchev–Trinajstić information content (AvgIpc) is 3.44. The lowest BCUT2D eigenvalue weighted by Gasteiger charge is -2.10. The van der Waals surface area contributed by atoms with E-state index in [1.54, 1.807) is 30.5 Å². The maximum atomic E-state index is 13.5. The van der Waals surface area contributed by atoms with Gasteiger partial charge in [-0.2, -0.15) is 9.78 Å². The molecule has 0 fully saturated rings. The minimum atomic E-state index is -0.643. The summed E-state index contributed by atoms with van der Waals surface area (Å²) in [5, 5.41) is 9.88. The number of fused-ring (bicyclic) bond motifs is 2. The van der Waals surface area contributed by atoms with Crippen molar-refractivity contribution in [3.63, 3.8) is 0 Å². The van der Waals surface area contributed by atoms with E-state index in [0.717, 1.165) is 27.1 Å². The number of carbonyl (C=O) groups excluding carboxylic acids is 2.